The van der Waals surface area contributed by atoms with Crippen molar-refractivity contribution in [3.8, 4) is 0 Å². The zero-order valence-corrected chi connectivity index (χ0v) is 12.3. The quantitative estimate of drug-likeness (QED) is 0.822. The largest absolute Gasteiger partial charge is 0.481 e. The average Bonchev–Trinajstić information content (AvgIpc) is 2.31. The summed E-state index contributed by atoms with van der Waals surface area (Å²) < 4.78 is 0. The van der Waals surface area contributed by atoms with Crippen molar-refractivity contribution in [3.63, 3.8) is 0 Å². The van der Waals surface area contributed by atoms with Gasteiger partial charge in [-0.15, -0.1) is 0 Å². The highest BCUT2D eigenvalue weighted by atomic mass is 16.4. The average molecular weight is 270 g/mol. The lowest BCUT2D eigenvalue weighted by molar-refractivity contribution is -0.137. The molecule has 2 N–H and O–H groups in total. The van der Waals surface area contributed by atoms with Crippen LogP contribution in [0.5, 0.6) is 0 Å². The van der Waals surface area contributed by atoms with Gasteiger partial charge in [-0.3, -0.25) is 4.79 Å². The van der Waals surface area contributed by atoms with E-state index in [1.165, 1.54) is 0 Å². The number of nitrogens with one attached hydrogen (secondary N) is 1. The summed E-state index contributed by atoms with van der Waals surface area (Å²) >= 11 is 0. The van der Waals surface area contributed by atoms with Gasteiger partial charge >= 0.3 is 12.0 Å². The predicted octanol–water partition coefficient (Wildman–Crippen LogP) is 2.17. The third kappa shape index (κ3) is 4.73. The maximum atomic E-state index is 12.2. The number of amides is 2. The van der Waals surface area contributed by atoms with Crippen molar-refractivity contribution in [1.29, 1.82) is 0 Å². The van der Waals surface area contributed by atoms with E-state index in [0.717, 1.165) is 19.5 Å². The number of carbonyl (C=O) groups is 2. The van der Waals surface area contributed by atoms with Crippen LogP contribution in [0.4, 0.5) is 4.79 Å². The van der Waals surface area contributed by atoms with E-state index in [1.807, 2.05) is 18.7 Å². The van der Waals surface area contributed by atoms with Crippen LogP contribution < -0.4 is 5.32 Å². The standard InChI is InChI=1S/C14H26N2O3/c1-9(2)12(7-13(17)18)15-14(19)16-6-5-10(3)11(4)8-16/h9-12H,5-8H2,1-4H3,(H,15,19)(H,17,18). The molecule has 0 aromatic rings. The van der Waals surface area contributed by atoms with Crippen LogP contribution in [0.25, 0.3) is 0 Å². The lowest BCUT2D eigenvalue weighted by Crippen LogP contribution is -2.51. The van der Waals surface area contributed by atoms with E-state index in [1.54, 1.807) is 0 Å². The Morgan fingerprint density at radius 3 is 2.42 bits per heavy atom. The van der Waals surface area contributed by atoms with Gasteiger partial charge in [0.1, 0.15) is 0 Å². The molecule has 1 aliphatic rings. The molecule has 110 valence electrons. The van der Waals surface area contributed by atoms with Gasteiger partial charge in [0.15, 0.2) is 0 Å². The first-order chi connectivity index (χ1) is 8.81. The van der Waals surface area contributed by atoms with Gasteiger partial charge in [0.25, 0.3) is 0 Å². The molecular weight excluding hydrogens is 244 g/mol. The van der Waals surface area contributed by atoms with Crippen LogP contribution in [0, 0.1) is 17.8 Å². The summed E-state index contributed by atoms with van der Waals surface area (Å²) in [5.41, 5.74) is 0. The number of aliphatic carboxylic acids is 1. The van der Waals surface area contributed by atoms with E-state index < -0.39 is 5.97 Å². The molecule has 1 rings (SSSR count). The zero-order valence-electron chi connectivity index (χ0n) is 12.3. The van der Waals surface area contributed by atoms with Crippen molar-refractivity contribution in [2.75, 3.05) is 13.1 Å². The van der Waals surface area contributed by atoms with Crippen molar-refractivity contribution in [3.05, 3.63) is 0 Å². The number of nitrogens with zero attached hydrogens (tertiary/aromatic N) is 1. The molecule has 1 saturated heterocycles. The van der Waals surface area contributed by atoms with Crippen molar-refractivity contribution >= 4 is 12.0 Å². The fraction of sp³-hybridized carbons (Fsp3) is 0.857. The van der Waals surface area contributed by atoms with Crippen LogP contribution in [-0.4, -0.2) is 41.1 Å². The number of hydrogen-bond donors (Lipinski definition) is 2. The molecule has 19 heavy (non-hydrogen) atoms. The Hall–Kier alpha value is -1.26. The highest BCUT2D eigenvalue weighted by Gasteiger charge is 2.28. The normalized spacial score (nSPS) is 25.2. The Bertz CT molecular complexity index is 331. The topological polar surface area (TPSA) is 69.6 Å². The van der Waals surface area contributed by atoms with Gasteiger partial charge in [-0.25, -0.2) is 4.79 Å². The smallest absolute Gasteiger partial charge is 0.317 e. The maximum Gasteiger partial charge on any atom is 0.317 e. The van der Waals surface area contributed by atoms with Crippen molar-refractivity contribution in [2.45, 2.75) is 46.6 Å². The molecule has 5 nitrogen and oxygen atoms in total. The third-order valence-corrected chi connectivity index (χ3v) is 4.13. The molecule has 0 aliphatic carbocycles. The van der Waals surface area contributed by atoms with E-state index in [4.69, 9.17) is 5.11 Å². The van der Waals surface area contributed by atoms with Crippen LogP contribution in [0.3, 0.4) is 0 Å². The number of hydrogen-bond acceptors (Lipinski definition) is 2. The molecule has 0 saturated carbocycles. The number of carbonyl (C=O) groups excluding carboxylic acids is 1. The molecule has 0 aromatic heterocycles. The zero-order chi connectivity index (χ0) is 14.6. The Balaban J connectivity index is 2.54. The molecule has 0 aromatic carbocycles. The fourth-order valence-electron chi connectivity index (χ4n) is 2.34. The van der Waals surface area contributed by atoms with Crippen molar-refractivity contribution in [2.24, 2.45) is 17.8 Å². The lowest BCUT2D eigenvalue weighted by Gasteiger charge is -2.36. The van der Waals surface area contributed by atoms with E-state index >= 15 is 0 Å². The fourth-order valence-corrected chi connectivity index (χ4v) is 2.34. The minimum Gasteiger partial charge on any atom is -0.481 e. The number of carboxylic acids is 1. The molecule has 2 amide bonds. The maximum absolute atomic E-state index is 12.2. The molecule has 1 heterocycles. The van der Waals surface area contributed by atoms with Crippen LogP contribution in [0.15, 0.2) is 0 Å². The SMILES string of the molecule is CC(C)C(CC(=O)O)NC(=O)N1CCC(C)C(C)C1. The number of rotatable bonds is 4. The van der Waals surface area contributed by atoms with Gasteiger partial charge in [-0.1, -0.05) is 27.7 Å². The summed E-state index contributed by atoms with van der Waals surface area (Å²) in [5, 5.41) is 11.7. The molecule has 0 bridgehead atoms. The summed E-state index contributed by atoms with van der Waals surface area (Å²) in [7, 11) is 0. The molecule has 3 unspecified atom stereocenters. The Kier molecular flexibility index (Phi) is 5.63. The van der Waals surface area contributed by atoms with Crippen LogP contribution >= 0.6 is 0 Å². The molecule has 0 radical (unpaired) electrons. The van der Waals surface area contributed by atoms with Crippen LogP contribution in [0.1, 0.15) is 40.5 Å². The van der Waals surface area contributed by atoms with E-state index in [2.05, 4.69) is 19.2 Å². The first kappa shape index (κ1) is 15.8. The van der Waals surface area contributed by atoms with E-state index in [9.17, 15) is 9.59 Å². The molecule has 1 fully saturated rings. The Morgan fingerprint density at radius 1 is 1.32 bits per heavy atom. The van der Waals surface area contributed by atoms with Crippen LogP contribution in [-0.2, 0) is 4.79 Å². The lowest BCUT2D eigenvalue weighted by atomic mass is 9.89. The Morgan fingerprint density at radius 2 is 1.95 bits per heavy atom. The second kappa shape index (κ2) is 6.78. The first-order valence-electron chi connectivity index (χ1n) is 7.08. The van der Waals surface area contributed by atoms with Gasteiger partial charge in [0.05, 0.1) is 6.42 Å². The van der Waals surface area contributed by atoms with Gasteiger partial charge in [0.2, 0.25) is 0 Å². The number of likely N-dealkylation sites (tertiary alicyclic amines) is 1. The molecule has 5 heteroatoms. The predicted molar refractivity (Wildman–Crippen MR) is 73.9 cm³/mol. The highest BCUT2D eigenvalue weighted by molar-refractivity contribution is 5.76. The molecule has 1 aliphatic heterocycles. The highest BCUT2D eigenvalue weighted by Crippen LogP contribution is 2.22. The summed E-state index contributed by atoms with van der Waals surface area (Å²) in [6, 6.07) is -0.432. The van der Waals surface area contributed by atoms with Crippen molar-refractivity contribution in [1.82, 2.24) is 10.2 Å². The number of piperidine rings is 1. The van der Waals surface area contributed by atoms with Gasteiger partial charge in [-0.2, -0.15) is 0 Å². The van der Waals surface area contributed by atoms with E-state index in [-0.39, 0.29) is 24.4 Å². The second-order valence-electron chi connectivity index (χ2n) is 6.09. The third-order valence-electron chi connectivity index (χ3n) is 4.13. The molecule has 0 spiro atoms. The monoisotopic (exact) mass is 270 g/mol. The van der Waals surface area contributed by atoms with Crippen molar-refractivity contribution < 1.29 is 14.7 Å². The minimum absolute atomic E-state index is 0.0246. The summed E-state index contributed by atoms with van der Waals surface area (Å²) in [4.78, 5) is 24.8. The first-order valence-corrected chi connectivity index (χ1v) is 7.08. The number of carboxylic acid groups (broad SMARTS) is 1. The summed E-state index contributed by atoms with van der Waals surface area (Å²) in [6.07, 6.45) is 0.989. The number of urea groups is 1. The van der Waals surface area contributed by atoms with Gasteiger partial charge in [0, 0.05) is 19.1 Å². The van der Waals surface area contributed by atoms with Gasteiger partial charge in [-0.05, 0) is 24.2 Å². The summed E-state index contributed by atoms with van der Waals surface area (Å²) in [5.74, 6) is 0.376. The summed E-state index contributed by atoms with van der Waals surface area (Å²) in [6.45, 7) is 9.73. The second-order valence-corrected chi connectivity index (χ2v) is 6.09. The van der Waals surface area contributed by atoms with Crippen LogP contribution in [0.2, 0.25) is 0 Å². The molecular formula is C14H26N2O3. The Labute approximate surface area is 115 Å². The van der Waals surface area contributed by atoms with Gasteiger partial charge < -0.3 is 15.3 Å². The molecule has 3 atom stereocenters. The minimum atomic E-state index is -0.875. The van der Waals surface area contributed by atoms with E-state index in [0.29, 0.717) is 11.8 Å².